The van der Waals surface area contributed by atoms with E-state index in [0.717, 1.165) is 21.9 Å². The van der Waals surface area contributed by atoms with Gasteiger partial charge in [0.1, 0.15) is 5.75 Å². The molecule has 0 aliphatic carbocycles. The molecule has 0 amide bonds. The monoisotopic (exact) mass is 404 g/mol. The first-order chi connectivity index (χ1) is 9.52. The Kier molecular flexibility index (Phi) is 5.16. The van der Waals surface area contributed by atoms with Gasteiger partial charge in [-0.2, -0.15) is 0 Å². The van der Waals surface area contributed by atoms with Gasteiger partial charge in [0.05, 0.1) is 11.6 Å². The van der Waals surface area contributed by atoms with Crippen molar-refractivity contribution in [2.24, 2.45) is 0 Å². The molecule has 20 heavy (non-hydrogen) atoms. The summed E-state index contributed by atoms with van der Waals surface area (Å²) in [7, 11) is 1.59. The Morgan fingerprint density at radius 2 is 1.95 bits per heavy atom. The van der Waals surface area contributed by atoms with Crippen LogP contribution in [0.4, 0.5) is 8.78 Å². The van der Waals surface area contributed by atoms with E-state index < -0.39 is 11.6 Å². The number of hydrogen-bond donors (Lipinski definition) is 0. The van der Waals surface area contributed by atoms with Crippen LogP contribution in [0.3, 0.4) is 0 Å². The highest BCUT2D eigenvalue weighted by Crippen LogP contribution is 2.33. The van der Waals surface area contributed by atoms with Crippen molar-refractivity contribution in [1.82, 2.24) is 0 Å². The third kappa shape index (κ3) is 3.38. The highest BCUT2D eigenvalue weighted by Gasteiger charge is 2.15. The van der Waals surface area contributed by atoms with Crippen molar-refractivity contribution in [3.05, 3.63) is 63.6 Å². The average molecular weight is 406 g/mol. The standard InChI is InChI=1S/C15H12Br2F2O/c1-20-14-6-5-9(7-12(14)17)11(16)8-10-3-2-4-13(18)15(10)19/h2-7,11H,8H2,1H3. The lowest BCUT2D eigenvalue weighted by Gasteiger charge is -2.13. The van der Waals surface area contributed by atoms with Crippen LogP contribution < -0.4 is 4.74 Å². The molecule has 0 N–H and O–H groups in total. The third-order valence-corrected chi connectivity index (χ3v) is 4.44. The van der Waals surface area contributed by atoms with E-state index in [2.05, 4.69) is 31.9 Å². The van der Waals surface area contributed by atoms with E-state index in [1.54, 1.807) is 13.2 Å². The van der Waals surface area contributed by atoms with Crippen LogP contribution in [0, 0.1) is 11.6 Å². The molecule has 0 saturated heterocycles. The maximum atomic E-state index is 13.7. The van der Waals surface area contributed by atoms with Crippen LogP contribution in [0.25, 0.3) is 0 Å². The van der Waals surface area contributed by atoms with Crippen LogP contribution >= 0.6 is 31.9 Å². The van der Waals surface area contributed by atoms with Gasteiger partial charge in [0.25, 0.3) is 0 Å². The normalized spacial score (nSPS) is 12.2. The zero-order valence-electron chi connectivity index (χ0n) is 10.7. The third-order valence-electron chi connectivity index (χ3n) is 2.97. The SMILES string of the molecule is COc1ccc(C(Br)Cc2cccc(F)c2F)cc1Br. The van der Waals surface area contributed by atoms with Gasteiger partial charge >= 0.3 is 0 Å². The molecule has 1 nitrogen and oxygen atoms in total. The van der Waals surface area contributed by atoms with Crippen LogP contribution in [-0.4, -0.2) is 7.11 Å². The van der Waals surface area contributed by atoms with Crippen molar-refractivity contribution in [2.45, 2.75) is 11.2 Å². The molecule has 2 rings (SSSR count). The fourth-order valence-corrected chi connectivity index (χ4v) is 3.09. The smallest absolute Gasteiger partial charge is 0.162 e. The Hall–Kier alpha value is -0.940. The zero-order chi connectivity index (χ0) is 14.7. The van der Waals surface area contributed by atoms with Gasteiger partial charge in [-0.25, -0.2) is 8.78 Å². The second-order valence-electron chi connectivity index (χ2n) is 4.28. The summed E-state index contributed by atoms with van der Waals surface area (Å²) in [4.78, 5) is -0.110. The summed E-state index contributed by atoms with van der Waals surface area (Å²) in [5.41, 5.74) is 1.31. The second kappa shape index (κ2) is 6.68. The molecular weight excluding hydrogens is 394 g/mol. The molecule has 0 radical (unpaired) electrons. The van der Waals surface area contributed by atoms with Gasteiger partial charge in [-0.15, -0.1) is 0 Å². The topological polar surface area (TPSA) is 9.23 Å². The van der Waals surface area contributed by atoms with Gasteiger partial charge in [-0.3, -0.25) is 0 Å². The molecule has 0 spiro atoms. The minimum atomic E-state index is -0.821. The molecule has 0 fully saturated rings. The number of halogens is 4. The van der Waals surface area contributed by atoms with Gasteiger partial charge < -0.3 is 4.74 Å². The van der Waals surface area contributed by atoms with E-state index >= 15 is 0 Å². The Bertz CT molecular complexity index is 617. The number of ether oxygens (including phenoxy) is 1. The molecule has 5 heteroatoms. The molecule has 0 aliphatic heterocycles. The largest absolute Gasteiger partial charge is 0.496 e. The zero-order valence-corrected chi connectivity index (χ0v) is 13.8. The van der Waals surface area contributed by atoms with Crippen molar-refractivity contribution in [3.63, 3.8) is 0 Å². The van der Waals surface area contributed by atoms with E-state index in [9.17, 15) is 8.78 Å². The first-order valence-electron chi connectivity index (χ1n) is 5.93. The maximum Gasteiger partial charge on any atom is 0.162 e. The van der Waals surface area contributed by atoms with E-state index in [0.29, 0.717) is 12.0 Å². The fraction of sp³-hybridized carbons (Fsp3) is 0.200. The lowest BCUT2D eigenvalue weighted by atomic mass is 10.0. The summed E-state index contributed by atoms with van der Waals surface area (Å²) in [5.74, 6) is -0.881. The van der Waals surface area contributed by atoms with Crippen LogP contribution in [0.2, 0.25) is 0 Å². The van der Waals surface area contributed by atoms with Crippen LogP contribution in [0.1, 0.15) is 16.0 Å². The Labute approximate surface area is 133 Å². The molecule has 2 aromatic carbocycles. The Balaban J connectivity index is 2.21. The summed E-state index contributed by atoms with van der Waals surface area (Å²) in [5, 5.41) is 0. The van der Waals surface area contributed by atoms with Crippen LogP contribution in [-0.2, 0) is 6.42 Å². The Morgan fingerprint density at radius 1 is 1.20 bits per heavy atom. The summed E-state index contributed by atoms with van der Waals surface area (Å²) in [6.45, 7) is 0. The first kappa shape index (κ1) is 15.4. The predicted molar refractivity (Wildman–Crippen MR) is 82.4 cm³/mol. The number of rotatable bonds is 4. The lowest BCUT2D eigenvalue weighted by molar-refractivity contribution is 0.412. The highest BCUT2D eigenvalue weighted by atomic mass is 79.9. The molecule has 1 atom stereocenters. The lowest BCUT2D eigenvalue weighted by Crippen LogP contribution is -2.00. The molecule has 0 bridgehead atoms. The van der Waals surface area contributed by atoms with Crippen molar-refractivity contribution in [1.29, 1.82) is 0 Å². The molecule has 106 valence electrons. The maximum absolute atomic E-state index is 13.7. The first-order valence-corrected chi connectivity index (χ1v) is 7.64. The minimum Gasteiger partial charge on any atom is -0.496 e. The molecule has 0 aromatic heterocycles. The molecule has 0 aliphatic rings. The van der Waals surface area contributed by atoms with Crippen LogP contribution in [0.15, 0.2) is 40.9 Å². The Morgan fingerprint density at radius 3 is 2.60 bits per heavy atom. The molecule has 0 saturated carbocycles. The van der Waals surface area contributed by atoms with E-state index in [-0.39, 0.29) is 4.83 Å². The summed E-state index contributed by atoms with van der Waals surface area (Å²) in [6.07, 6.45) is 0.363. The van der Waals surface area contributed by atoms with Gasteiger partial charge in [0.2, 0.25) is 0 Å². The van der Waals surface area contributed by atoms with Gasteiger partial charge in [-0.05, 0) is 51.7 Å². The summed E-state index contributed by atoms with van der Waals surface area (Å²) in [6, 6.07) is 9.83. The highest BCUT2D eigenvalue weighted by molar-refractivity contribution is 9.10. The van der Waals surface area contributed by atoms with Crippen molar-refractivity contribution in [3.8, 4) is 5.75 Å². The molecular formula is C15H12Br2F2O. The van der Waals surface area contributed by atoms with Crippen LogP contribution in [0.5, 0.6) is 5.75 Å². The van der Waals surface area contributed by atoms with Gasteiger partial charge in [0.15, 0.2) is 11.6 Å². The van der Waals surface area contributed by atoms with E-state index in [1.807, 2.05) is 18.2 Å². The van der Waals surface area contributed by atoms with Crippen molar-refractivity contribution in [2.75, 3.05) is 7.11 Å². The number of benzene rings is 2. The van der Waals surface area contributed by atoms with Gasteiger partial charge in [-0.1, -0.05) is 34.1 Å². The second-order valence-corrected chi connectivity index (χ2v) is 6.24. The predicted octanol–water partition coefficient (Wildman–Crippen LogP) is 5.41. The molecule has 0 heterocycles. The quantitative estimate of drug-likeness (QED) is 0.617. The van der Waals surface area contributed by atoms with E-state index in [4.69, 9.17) is 4.74 Å². The molecule has 2 aromatic rings. The number of alkyl halides is 1. The molecule has 1 unspecified atom stereocenters. The summed E-state index contributed by atoms with van der Waals surface area (Å²) < 4.78 is 32.8. The summed E-state index contributed by atoms with van der Waals surface area (Å²) >= 11 is 6.92. The number of methoxy groups -OCH3 is 1. The number of hydrogen-bond acceptors (Lipinski definition) is 1. The van der Waals surface area contributed by atoms with Crippen molar-refractivity contribution >= 4 is 31.9 Å². The van der Waals surface area contributed by atoms with E-state index in [1.165, 1.54) is 6.07 Å². The van der Waals surface area contributed by atoms with Gasteiger partial charge in [0, 0.05) is 4.83 Å². The van der Waals surface area contributed by atoms with Crippen molar-refractivity contribution < 1.29 is 13.5 Å². The minimum absolute atomic E-state index is 0.110. The fourth-order valence-electron chi connectivity index (χ4n) is 1.89. The average Bonchev–Trinajstić information content (AvgIpc) is 2.43.